The topological polar surface area (TPSA) is 49.9 Å². The molecule has 1 unspecified atom stereocenters. The summed E-state index contributed by atoms with van der Waals surface area (Å²) in [6.45, 7) is 2.02. The summed E-state index contributed by atoms with van der Waals surface area (Å²) in [4.78, 5) is 27.9. The Morgan fingerprint density at radius 2 is 1.96 bits per heavy atom. The molecule has 1 aromatic rings. The predicted octanol–water partition coefficient (Wildman–Crippen LogP) is 1.85. The van der Waals surface area contributed by atoms with Crippen molar-refractivity contribution in [2.45, 2.75) is 37.7 Å². The number of ether oxygens (including phenoxy) is 1. The molecule has 128 valence electrons. The van der Waals surface area contributed by atoms with E-state index in [0.29, 0.717) is 13.0 Å². The van der Waals surface area contributed by atoms with Gasteiger partial charge < -0.3 is 14.5 Å². The predicted molar refractivity (Wildman–Crippen MR) is 89.7 cm³/mol. The number of para-hydroxylation sites is 1. The lowest BCUT2D eigenvalue weighted by atomic mass is 9.83. The highest BCUT2D eigenvalue weighted by Gasteiger charge is 2.42. The van der Waals surface area contributed by atoms with Crippen LogP contribution in [0.5, 0.6) is 5.75 Å². The fourth-order valence-electron chi connectivity index (χ4n) is 4.23. The van der Waals surface area contributed by atoms with Crippen LogP contribution in [0.1, 0.15) is 31.2 Å². The van der Waals surface area contributed by atoms with Crippen LogP contribution in [0, 0.1) is 5.92 Å². The van der Waals surface area contributed by atoms with Gasteiger partial charge in [0.1, 0.15) is 11.4 Å². The Morgan fingerprint density at radius 3 is 2.67 bits per heavy atom. The smallest absolute Gasteiger partial charge is 0.227 e. The van der Waals surface area contributed by atoms with Crippen LogP contribution in [0.15, 0.2) is 24.3 Å². The van der Waals surface area contributed by atoms with E-state index in [1.54, 1.807) is 11.9 Å². The first kappa shape index (κ1) is 15.5. The number of rotatable bonds is 1. The standard InChI is InChI=1S/C19H24N2O3/c1-20-13-15(12-17(20)22)18(23)21-10-8-19(9-11-21)7-6-14-4-2-3-5-16(14)24-19/h2-5,15H,6-13H2,1H3. The van der Waals surface area contributed by atoms with Crippen LogP contribution in [0.2, 0.25) is 0 Å². The molecular formula is C19H24N2O3. The molecule has 0 radical (unpaired) electrons. The van der Waals surface area contributed by atoms with Gasteiger partial charge in [0.25, 0.3) is 0 Å². The quantitative estimate of drug-likeness (QED) is 0.790. The molecule has 24 heavy (non-hydrogen) atoms. The maximum atomic E-state index is 12.7. The second-order valence-corrected chi connectivity index (χ2v) is 7.39. The second-order valence-electron chi connectivity index (χ2n) is 7.39. The first-order chi connectivity index (χ1) is 11.6. The van der Waals surface area contributed by atoms with Gasteiger partial charge in [0, 0.05) is 45.9 Å². The van der Waals surface area contributed by atoms with Crippen molar-refractivity contribution in [3.8, 4) is 5.75 Å². The Bertz CT molecular complexity index is 664. The Balaban J connectivity index is 1.39. The van der Waals surface area contributed by atoms with Gasteiger partial charge in [0.05, 0.1) is 5.92 Å². The number of nitrogens with zero attached hydrogens (tertiary/aromatic N) is 2. The van der Waals surface area contributed by atoms with Gasteiger partial charge in [-0.3, -0.25) is 9.59 Å². The first-order valence-electron chi connectivity index (χ1n) is 8.86. The summed E-state index contributed by atoms with van der Waals surface area (Å²) in [7, 11) is 1.77. The summed E-state index contributed by atoms with van der Waals surface area (Å²) in [5, 5.41) is 0. The summed E-state index contributed by atoms with van der Waals surface area (Å²) in [5.41, 5.74) is 1.17. The Kier molecular flexibility index (Phi) is 3.74. The van der Waals surface area contributed by atoms with E-state index in [-0.39, 0.29) is 23.3 Å². The van der Waals surface area contributed by atoms with Gasteiger partial charge in [-0.05, 0) is 24.5 Å². The molecule has 0 N–H and O–H groups in total. The number of hydrogen-bond donors (Lipinski definition) is 0. The van der Waals surface area contributed by atoms with Crippen LogP contribution in [0.25, 0.3) is 0 Å². The zero-order chi connectivity index (χ0) is 16.7. The van der Waals surface area contributed by atoms with Crippen LogP contribution in [0.4, 0.5) is 0 Å². The van der Waals surface area contributed by atoms with Gasteiger partial charge in [0.2, 0.25) is 11.8 Å². The summed E-state index contributed by atoms with van der Waals surface area (Å²) in [6.07, 6.45) is 4.19. The van der Waals surface area contributed by atoms with Crippen molar-refractivity contribution in [1.29, 1.82) is 0 Å². The molecule has 0 saturated carbocycles. The van der Waals surface area contributed by atoms with E-state index in [0.717, 1.165) is 44.5 Å². The van der Waals surface area contributed by atoms with Crippen LogP contribution in [-0.2, 0) is 16.0 Å². The highest BCUT2D eigenvalue weighted by molar-refractivity contribution is 5.89. The number of fused-ring (bicyclic) bond motifs is 1. The second kappa shape index (κ2) is 5.80. The Labute approximate surface area is 142 Å². The number of aryl methyl sites for hydroxylation is 1. The van der Waals surface area contributed by atoms with Gasteiger partial charge in [-0.15, -0.1) is 0 Å². The minimum atomic E-state index is -0.162. The van der Waals surface area contributed by atoms with Gasteiger partial charge in [-0.1, -0.05) is 18.2 Å². The van der Waals surface area contributed by atoms with E-state index in [4.69, 9.17) is 4.74 Å². The zero-order valence-electron chi connectivity index (χ0n) is 14.2. The van der Waals surface area contributed by atoms with E-state index >= 15 is 0 Å². The Morgan fingerprint density at radius 1 is 1.21 bits per heavy atom. The normalized spacial score (nSPS) is 25.5. The molecule has 0 bridgehead atoms. The van der Waals surface area contributed by atoms with Gasteiger partial charge in [-0.25, -0.2) is 0 Å². The molecular weight excluding hydrogens is 304 g/mol. The molecule has 3 heterocycles. The molecule has 4 rings (SSSR count). The maximum absolute atomic E-state index is 12.7. The van der Waals surface area contributed by atoms with Crippen molar-refractivity contribution in [3.05, 3.63) is 29.8 Å². The summed E-state index contributed by atoms with van der Waals surface area (Å²) < 4.78 is 6.35. The molecule has 5 heteroatoms. The lowest BCUT2D eigenvalue weighted by Gasteiger charge is -2.45. The number of amides is 2. The van der Waals surface area contributed by atoms with Crippen molar-refractivity contribution in [2.24, 2.45) is 5.92 Å². The third-order valence-corrected chi connectivity index (χ3v) is 5.83. The summed E-state index contributed by atoms with van der Waals surface area (Å²) in [5.74, 6) is 1.06. The average Bonchev–Trinajstić information content (AvgIpc) is 2.94. The molecule has 0 aliphatic carbocycles. The maximum Gasteiger partial charge on any atom is 0.227 e. The molecule has 1 spiro atoms. The van der Waals surface area contributed by atoms with E-state index in [9.17, 15) is 9.59 Å². The van der Waals surface area contributed by atoms with E-state index in [2.05, 4.69) is 12.1 Å². The average molecular weight is 328 g/mol. The fourth-order valence-corrected chi connectivity index (χ4v) is 4.23. The highest BCUT2D eigenvalue weighted by Crippen LogP contribution is 2.39. The molecule has 3 aliphatic heterocycles. The number of carbonyl (C=O) groups excluding carboxylic acids is 2. The number of hydrogen-bond acceptors (Lipinski definition) is 3. The van der Waals surface area contributed by atoms with Crippen molar-refractivity contribution in [1.82, 2.24) is 9.80 Å². The first-order valence-corrected chi connectivity index (χ1v) is 8.86. The zero-order valence-corrected chi connectivity index (χ0v) is 14.2. The molecule has 1 aromatic carbocycles. The third-order valence-electron chi connectivity index (χ3n) is 5.83. The monoisotopic (exact) mass is 328 g/mol. The highest BCUT2D eigenvalue weighted by atomic mass is 16.5. The molecule has 0 aromatic heterocycles. The number of likely N-dealkylation sites (tertiary alicyclic amines) is 2. The van der Waals surface area contributed by atoms with E-state index < -0.39 is 0 Å². The minimum absolute atomic E-state index is 0.0778. The largest absolute Gasteiger partial charge is 0.487 e. The van der Waals surface area contributed by atoms with Crippen molar-refractivity contribution < 1.29 is 14.3 Å². The van der Waals surface area contributed by atoms with Crippen LogP contribution in [0.3, 0.4) is 0 Å². The van der Waals surface area contributed by atoms with E-state index in [1.165, 1.54) is 5.56 Å². The number of carbonyl (C=O) groups is 2. The van der Waals surface area contributed by atoms with Crippen molar-refractivity contribution >= 4 is 11.8 Å². The molecule has 2 saturated heterocycles. The SMILES string of the molecule is CN1CC(C(=O)N2CCC3(CCc4ccccc4O3)CC2)CC1=O. The third kappa shape index (κ3) is 2.66. The molecule has 5 nitrogen and oxygen atoms in total. The van der Waals surface area contributed by atoms with Crippen LogP contribution in [-0.4, -0.2) is 53.9 Å². The van der Waals surface area contributed by atoms with E-state index in [1.807, 2.05) is 17.0 Å². The lowest BCUT2D eigenvalue weighted by Crippen LogP contribution is -2.52. The summed E-state index contributed by atoms with van der Waals surface area (Å²) in [6, 6.07) is 8.26. The van der Waals surface area contributed by atoms with Gasteiger partial charge in [0.15, 0.2) is 0 Å². The van der Waals surface area contributed by atoms with Gasteiger partial charge in [-0.2, -0.15) is 0 Å². The number of benzene rings is 1. The fraction of sp³-hybridized carbons (Fsp3) is 0.579. The Hall–Kier alpha value is -2.04. The van der Waals surface area contributed by atoms with Crippen LogP contribution >= 0.6 is 0 Å². The molecule has 1 atom stereocenters. The van der Waals surface area contributed by atoms with Gasteiger partial charge >= 0.3 is 0 Å². The minimum Gasteiger partial charge on any atom is -0.487 e. The molecule has 2 fully saturated rings. The summed E-state index contributed by atoms with van der Waals surface area (Å²) >= 11 is 0. The van der Waals surface area contributed by atoms with Crippen molar-refractivity contribution in [3.63, 3.8) is 0 Å². The lowest BCUT2D eigenvalue weighted by molar-refractivity contribution is -0.139. The number of piperidine rings is 1. The van der Waals surface area contributed by atoms with Crippen LogP contribution < -0.4 is 4.74 Å². The van der Waals surface area contributed by atoms with Crippen molar-refractivity contribution in [2.75, 3.05) is 26.7 Å². The molecule has 3 aliphatic rings. The molecule has 2 amide bonds.